The lowest BCUT2D eigenvalue weighted by Crippen LogP contribution is -2.52. The molecule has 0 amide bonds. The van der Waals surface area contributed by atoms with Crippen LogP contribution < -0.4 is 5.73 Å². The minimum atomic E-state index is -3.41. The molecule has 2 aromatic rings. The largest absolute Gasteiger partial charge is 0.367 e. The van der Waals surface area contributed by atoms with Gasteiger partial charge in [-0.3, -0.25) is 4.90 Å². The summed E-state index contributed by atoms with van der Waals surface area (Å²) in [4.78, 5) is 2.13. The number of benzene rings is 1. The maximum Gasteiger partial charge on any atom is 0.250 e. The molecule has 1 fully saturated rings. The predicted octanol–water partition coefficient (Wildman–Crippen LogP) is 1.53. The summed E-state index contributed by atoms with van der Waals surface area (Å²) in [5, 5.41) is 4.16. The minimum Gasteiger partial charge on any atom is -0.367 e. The van der Waals surface area contributed by atoms with Crippen molar-refractivity contribution in [1.82, 2.24) is 14.1 Å². The molecule has 1 aromatic carbocycles. The van der Waals surface area contributed by atoms with Crippen LogP contribution in [-0.2, 0) is 27.8 Å². The number of aromatic nitrogens is 2. The van der Waals surface area contributed by atoms with Gasteiger partial charge in [-0.25, -0.2) is 17.2 Å². The van der Waals surface area contributed by atoms with Gasteiger partial charge < -0.3 is 10.5 Å². The van der Waals surface area contributed by atoms with Gasteiger partial charge in [0, 0.05) is 42.5 Å². The van der Waals surface area contributed by atoms with E-state index in [1.807, 2.05) is 6.92 Å². The van der Waals surface area contributed by atoms with Gasteiger partial charge in [0.05, 0.1) is 18.1 Å². The highest BCUT2D eigenvalue weighted by Crippen LogP contribution is 2.37. The van der Waals surface area contributed by atoms with Crippen LogP contribution in [0.5, 0.6) is 0 Å². The smallest absolute Gasteiger partial charge is 0.250 e. The first kappa shape index (κ1) is 19.4. The van der Waals surface area contributed by atoms with Gasteiger partial charge in [0.25, 0.3) is 10.0 Å². The second-order valence-corrected chi connectivity index (χ2v) is 9.38. The number of ether oxygens (including phenoxy) is 1. The summed E-state index contributed by atoms with van der Waals surface area (Å²) in [6, 6.07) is 2.74. The molecule has 4 atom stereocenters. The molecule has 0 saturated carbocycles. The number of rotatable bonds is 3. The minimum absolute atomic E-state index is 0.0382. The summed E-state index contributed by atoms with van der Waals surface area (Å²) in [6.07, 6.45) is 2.19. The number of nitrogens with zero attached hydrogens (tertiary/aromatic N) is 3. The second kappa shape index (κ2) is 6.87. The van der Waals surface area contributed by atoms with Crippen molar-refractivity contribution in [3.05, 3.63) is 52.9 Å². The Morgan fingerprint density at radius 3 is 2.71 bits per heavy atom. The van der Waals surface area contributed by atoms with Crippen LogP contribution in [0.25, 0.3) is 0 Å². The van der Waals surface area contributed by atoms with E-state index in [2.05, 4.69) is 10.00 Å². The Hall–Kier alpha value is -1.88. The van der Waals surface area contributed by atoms with Crippen molar-refractivity contribution in [3.63, 3.8) is 0 Å². The van der Waals surface area contributed by atoms with Gasteiger partial charge in [-0.1, -0.05) is 0 Å². The van der Waals surface area contributed by atoms with Crippen LogP contribution >= 0.6 is 0 Å². The highest BCUT2D eigenvalue weighted by molar-refractivity contribution is 7.89. The lowest BCUT2D eigenvalue weighted by molar-refractivity contribution is -0.104. The molecule has 0 aliphatic carbocycles. The molecule has 7 nitrogen and oxygen atoms in total. The van der Waals surface area contributed by atoms with Crippen LogP contribution in [0, 0.1) is 11.6 Å². The van der Waals surface area contributed by atoms with Crippen LogP contribution in [0.4, 0.5) is 8.78 Å². The van der Waals surface area contributed by atoms with Gasteiger partial charge in [-0.15, -0.1) is 0 Å². The summed E-state index contributed by atoms with van der Waals surface area (Å²) in [5.41, 5.74) is 7.97. The van der Waals surface area contributed by atoms with E-state index in [4.69, 9.17) is 10.5 Å². The topological polar surface area (TPSA) is 90.5 Å². The lowest BCUT2D eigenvalue weighted by Gasteiger charge is -2.43. The van der Waals surface area contributed by atoms with Gasteiger partial charge in [-0.05, 0) is 31.5 Å². The maximum atomic E-state index is 14.2. The van der Waals surface area contributed by atoms with Crippen molar-refractivity contribution in [2.24, 2.45) is 5.73 Å². The van der Waals surface area contributed by atoms with Gasteiger partial charge in [0.2, 0.25) is 0 Å². The van der Waals surface area contributed by atoms with Gasteiger partial charge in [0.15, 0.2) is 0 Å². The fourth-order valence-corrected chi connectivity index (χ4v) is 4.62. The summed E-state index contributed by atoms with van der Waals surface area (Å²) in [7, 11) is -3.41. The zero-order chi connectivity index (χ0) is 20.2. The first-order chi connectivity index (χ1) is 13.1. The number of halogens is 2. The lowest BCUT2D eigenvalue weighted by atomic mass is 9.90. The van der Waals surface area contributed by atoms with E-state index in [0.29, 0.717) is 25.2 Å². The third-order valence-electron chi connectivity index (χ3n) is 5.46. The van der Waals surface area contributed by atoms with Crippen LogP contribution in [0.15, 0.2) is 24.4 Å². The van der Waals surface area contributed by atoms with E-state index in [-0.39, 0.29) is 17.7 Å². The molecule has 2 N–H and O–H groups in total. The van der Waals surface area contributed by atoms with Crippen molar-refractivity contribution >= 4 is 10.0 Å². The molecule has 28 heavy (non-hydrogen) atoms. The Labute approximate surface area is 162 Å². The van der Waals surface area contributed by atoms with Gasteiger partial charge in [0.1, 0.15) is 17.7 Å². The molecule has 152 valence electrons. The maximum absolute atomic E-state index is 14.2. The van der Waals surface area contributed by atoms with E-state index >= 15 is 0 Å². The first-order valence-electron chi connectivity index (χ1n) is 9.01. The Morgan fingerprint density at radius 2 is 2.04 bits per heavy atom. The molecule has 1 saturated heterocycles. The standard InChI is InChI=1S/C18H22F2N4O3S/c1-10-17(23-7-11-8-24(28(2,25)26)22-16(11)9-23)6-15(21)18(27-10)13-5-12(19)3-4-14(13)20/h3-5,8,10,15,17-18H,6-7,9,21H2,1-2H3/t10-,15-,17+,18+/m0/s1. The molecule has 1 aromatic heterocycles. The quantitative estimate of drug-likeness (QED) is 0.822. The number of fused-ring (bicyclic) bond motifs is 1. The number of hydrogen-bond donors (Lipinski definition) is 1. The molecule has 10 heteroatoms. The fraction of sp³-hybridized carbons (Fsp3) is 0.500. The van der Waals surface area contributed by atoms with Crippen molar-refractivity contribution < 1.29 is 21.9 Å². The Kier molecular flexibility index (Phi) is 4.77. The molecule has 2 aliphatic heterocycles. The third-order valence-corrected chi connectivity index (χ3v) is 6.33. The monoisotopic (exact) mass is 412 g/mol. The molecular weight excluding hydrogens is 390 g/mol. The van der Waals surface area contributed by atoms with E-state index in [1.54, 1.807) is 0 Å². The van der Waals surface area contributed by atoms with Crippen LogP contribution in [-0.4, -0.2) is 46.9 Å². The number of hydrogen-bond acceptors (Lipinski definition) is 6. The summed E-state index contributed by atoms with van der Waals surface area (Å²) < 4.78 is 58.0. The molecule has 0 bridgehead atoms. The summed E-state index contributed by atoms with van der Waals surface area (Å²) in [6.45, 7) is 2.91. The number of nitrogens with two attached hydrogens (primary N) is 1. The SMILES string of the molecule is C[C@@H]1O[C@H](c2cc(F)ccc2F)[C@@H](N)C[C@H]1N1Cc2cn(S(C)(=O)=O)nc2C1. The van der Waals surface area contributed by atoms with E-state index in [1.165, 1.54) is 6.20 Å². The fourth-order valence-electron chi connectivity index (χ4n) is 4.06. The van der Waals surface area contributed by atoms with Crippen molar-refractivity contribution in [2.75, 3.05) is 6.26 Å². The molecule has 0 radical (unpaired) electrons. The molecule has 0 spiro atoms. The molecule has 0 unspecified atom stereocenters. The summed E-state index contributed by atoms with van der Waals surface area (Å²) in [5.74, 6) is -1.07. The zero-order valence-electron chi connectivity index (χ0n) is 15.5. The average Bonchev–Trinajstić information content (AvgIpc) is 3.17. The van der Waals surface area contributed by atoms with Crippen molar-refractivity contribution in [2.45, 2.75) is 50.7 Å². The molecule has 4 rings (SSSR count). The molecular formula is C18H22F2N4O3S. The molecule has 3 heterocycles. The Balaban J connectivity index is 1.49. The second-order valence-electron chi connectivity index (χ2n) is 7.54. The van der Waals surface area contributed by atoms with Crippen molar-refractivity contribution in [3.8, 4) is 0 Å². The van der Waals surface area contributed by atoms with E-state index < -0.39 is 33.8 Å². The highest BCUT2D eigenvalue weighted by Gasteiger charge is 2.41. The van der Waals surface area contributed by atoms with Crippen molar-refractivity contribution in [1.29, 1.82) is 0 Å². The van der Waals surface area contributed by atoms with Gasteiger partial charge in [-0.2, -0.15) is 9.19 Å². The van der Waals surface area contributed by atoms with Crippen LogP contribution in [0.2, 0.25) is 0 Å². The molecule has 2 aliphatic rings. The van der Waals surface area contributed by atoms with Crippen LogP contribution in [0.3, 0.4) is 0 Å². The van der Waals surface area contributed by atoms with Gasteiger partial charge >= 0.3 is 0 Å². The highest BCUT2D eigenvalue weighted by atomic mass is 32.2. The van der Waals surface area contributed by atoms with Crippen LogP contribution in [0.1, 0.15) is 36.3 Å². The Morgan fingerprint density at radius 1 is 1.29 bits per heavy atom. The van der Waals surface area contributed by atoms with E-state index in [9.17, 15) is 17.2 Å². The third kappa shape index (κ3) is 3.45. The average molecular weight is 412 g/mol. The normalized spacial score (nSPS) is 28.5. The zero-order valence-corrected chi connectivity index (χ0v) is 16.4. The summed E-state index contributed by atoms with van der Waals surface area (Å²) >= 11 is 0. The van der Waals surface area contributed by atoms with E-state index in [0.717, 1.165) is 34.1 Å². The Bertz CT molecular complexity index is 987. The first-order valence-corrected chi connectivity index (χ1v) is 10.9. The predicted molar refractivity (Wildman–Crippen MR) is 97.7 cm³/mol.